The first-order valence-corrected chi connectivity index (χ1v) is 7.30. The molecule has 1 amide bonds. The predicted molar refractivity (Wildman–Crippen MR) is 85.7 cm³/mol. The van der Waals surface area contributed by atoms with Gasteiger partial charge in [-0.1, -0.05) is 25.9 Å². The van der Waals surface area contributed by atoms with Gasteiger partial charge in [-0.15, -0.1) is 0 Å². The van der Waals surface area contributed by atoms with E-state index in [0.717, 1.165) is 0 Å². The van der Waals surface area contributed by atoms with E-state index in [1.54, 1.807) is 17.8 Å². The van der Waals surface area contributed by atoms with Crippen LogP contribution in [0, 0.1) is 0 Å². The van der Waals surface area contributed by atoms with Crippen LogP contribution in [0.25, 0.3) is 5.82 Å². The number of carbonyl (C=O) groups excluding carboxylic acids is 1. The van der Waals surface area contributed by atoms with Gasteiger partial charge in [0.2, 0.25) is 0 Å². The summed E-state index contributed by atoms with van der Waals surface area (Å²) in [7, 11) is 1.79. The SMILES string of the molecule is Cn1ncc(C(=O)Nc2cc(C(C)(C)C)on2)c1-n1cccc1. The molecule has 3 rings (SSSR count). The number of nitrogens with one attached hydrogen (secondary N) is 1. The molecule has 0 aromatic carbocycles. The molecule has 7 heteroatoms. The van der Waals surface area contributed by atoms with Gasteiger partial charge in [0.25, 0.3) is 5.91 Å². The Morgan fingerprint density at radius 3 is 2.57 bits per heavy atom. The first kappa shape index (κ1) is 15.1. The summed E-state index contributed by atoms with van der Waals surface area (Å²) in [5, 5.41) is 10.8. The lowest BCUT2D eigenvalue weighted by molar-refractivity contribution is 0.102. The van der Waals surface area contributed by atoms with Gasteiger partial charge < -0.3 is 14.4 Å². The maximum Gasteiger partial charge on any atom is 0.262 e. The highest BCUT2D eigenvalue weighted by Gasteiger charge is 2.22. The van der Waals surface area contributed by atoms with E-state index in [1.807, 2.05) is 49.9 Å². The van der Waals surface area contributed by atoms with Crippen LogP contribution >= 0.6 is 0 Å². The van der Waals surface area contributed by atoms with Crippen molar-refractivity contribution < 1.29 is 9.32 Å². The Hall–Kier alpha value is -2.83. The van der Waals surface area contributed by atoms with Crippen molar-refractivity contribution in [2.24, 2.45) is 7.05 Å². The van der Waals surface area contributed by atoms with Crippen LogP contribution in [0.2, 0.25) is 0 Å². The van der Waals surface area contributed by atoms with E-state index in [9.17, 15) is 4.79 Å². The minimum atomic E-state index is -0.282. The Labute approximate surface area is 133 Å². The van der Waals surface area contributed by atoms with Gasteiger partial charge in [0, 0.05) is 30.9 Å². The second-order valence-corrected chi connectivity index (χ2v) is 6.38. The van der Waals surface area contributed by atoms with Crippen molar-refractivity contribution in [2.75, 3.05) is 5.32 Å². The fraction of sp³-hybridized carbons (Fsp3) is 0.312. The monoisotopic (exact) mass is 313 g/mol. The highest BCUT2D eigenvalue weighted by Crippen LogP contribution is 2.25. The van der Waals surface area contributed by atoms with Crippen molar-refractivity contribution in [1.29, 1.82) is 0 Å². The van der Waals surface area contributed by atoms with Crippen molar-refractivity contribution in [1.82, 2.24) is 19.5 Å². The van der Waals surface area contributed by atoms with Crippen molar-refractivity contribution >= 4 is 11.7 Å². The molecule has 23 heavy (non-hydrogen) atoms. The Morgan fingerprint density at radius 2 is 1.96 bits per heavy atom. The van der Waals surface area contributed by atoms with Crippen LogP contribution in [0.15, 0.2) is 41.3 Å². The molecule has 0 saturated heterocycles. The Kier molecular flexibility index (Phi) is 3.55. The van der Waals surface area contributed by atoms with Crippen LogP contribution in [0.4, 0.5) is 5.82 Å². The van der Waals surface area contributed by atoms with Crippen LogP contribution in [0.3, 0.4) is 0 Å². The second kappa shape index (κ2) is 5.42. The van der Waals surface area contributed by atoms with Gasteiger partial charge in [0.05, 0.1) is 6.20 Å². The molecule has 0 atom stereocenters. The molecule has 120 valence electrons. The van der Waals surface area contributed by atoms with Gasteiger partial charge in [0.1, 0.15) is 17.1 Å². The highest BCUT2D eigenvalue weighted by atomic mass is 16.5. The number of aromatic nitrogens is 4. The predicted octanol–water partition coefficient (Wildman–Crippen LogP) is 2.75. The summed E-state index contributed by atoms with van der Waals surface area (Å²) in [6.45, 7) is 6.05. The maximum absolute atomic E-state index is 12.5. The van der Waals surface area contributed by atoms with Crippen molar-refractivity contribution in [3.8, 4) is 5.82 Å². The minimum absolute atomic E-state index is 0.166. The van der Waals surface area contributed by atoms with E-state index in [-0.39, 0.29) is 11.3 Å². The lowest BCUT2D eigenvalue weighted by Gasteiger charge is -2.12. The minimum Gasteiger partial charge on any atom is -0.359 e. The van der Waals surface area contributed by atoms with Crippen molar-refractivity contribution in [3.05, 3.63) is 48.1 Å². The molecule has 0 bridgehead atoms. The first-order chi connectivity index (χ1) is 10.9. The van der Waals surface area contributed by atoms with Crippen LogP contribution in [0.1, 0.15) is 36.9 Å². The molecule has 0 unspecified atom stereocenters. The van der Waals surface area contributed by atoms with Gasteiger partial charge in [-0.2, -0.15) is 5.10 Å². The molecule has 1 N–H and O–H groups in total. The number of rotatable bonds is 3. The molecular weight excluding hydrogens is 294 g/mol. The number of hydrogen-bond acceptors (Lipinski definition) is 4. The fourth-order valence-corrected chi connectivity index (χ4v) is 2.24. The van der Waals surface area contributed by atoms with E-state index in [1.165, 1.54) is 6.20 Å². The Balaban J connectivity index is 1.86. The average molecular weight is 313 g/mol. The third-order valence-corrected chi connectivity index (χ3v) is 3.49. The zero-order chi connectivity index (χ0) is 16.6. The maximum atomic E-state index is 12.5. The summed E-state index contributed by atoms with van der Waals surface area (Å²) in [6.07, 6.45) is 5.26. The fourth-order valence-electron chi connectivity index (χ4n) is 2.24. The van der Waals surface area contributed by atoms with E-state index < -0.39 is 0 Å². The summed E-state index contributed by atoms with van der Waals surface area (Å²) in [6, 6.07) is 5.52. The highest BCUT2D eigenvalue weighted by molar-refractivity contribution is 6.05. The van der Waals surface area contributed by atoms with Gasteiger partial charge in [-0.3, -0.25) is 9.48 Å². The van der Waals surface area contributed by atoms with E-state index in [2.05, 4.69) is 15.6 Å². The molecule has 0 aliphatic heterocycles. The smallest absolute Gasteiger partial charge is 0.262 e. The van der Waals surface area contributed by atoms with Gasteiger partial charge >= 0.3 is 0 Å². The first-order valence-electron chi connectivity index (χ1n) is 7.30. The summed E-state index contributed by atoms with van der Waals surface area (Å²) >= 11 is 0. The zero-order valence-corrected chi connectivity index (χ0v) is 13.6. The Bertz CT molecular complexity index is 821. The summed E-state index contributed by atoms with van der Waals surface area (Å²) in [5.74, 6) is 1.51. The van der Waals surface area contributed by atoms with E-state index >= 15 is 0 Å². The summed E-state index contributed by atoms with van der Waals surface area (Å²) in [5.41, 5.74) is 0.296. The number of nitrogens with zero attached hydrogens (tertiary/aromatic N) is 4. The van der Waals surface area contributed by atoms with Crippen LogP contribution in [0.5, 0.6) is 0 Å². The zero-order valence-electron chi connectivity index (χ0n) is 13.6. The molecule has 0 radical (unpaired) electrons. The van der Waals surface area contributed by atoms with E-state index in [0.29, 0.717) is 23.0 Å². The lowest BCUT2D eigenvalue weighted by Crippen LogP contribution is -2.15. The Morgan fingerprint density at radius 1 is 1.26 bits per heavy atom. The number of hydrogen-bond donors (Lipinski definition) is 1. The third kappa shape index (κ3) is 2.90. The lowest BCUT2D eigenvalue weighted by atomic mass is 9.93. The molecule has 0 aliphatic rings. The number of amides is 1. The average Bonchev–Trinajstić information content (AvgIpc) is 3.16. The van der Waals surface area contributed by atoms with E-state index in [4.69, 9.17) is 4.52 Å². The van der Waals surface area contributed by atoms with Gasteiger partial charge in [-0.25, -0.2) is 0 Å². The summed E-state index contributed by atoms with van der Waals surface area (Å²) < 4.78 is 8.77. The molecule has 3 heterocycles. The number of aryl methyl sites for hydroxylation is 1. The normalized spacial score (nSPS) is 11.7. The third-order valence-electron chi connectivity index (χ3n) is 3.49. The van der Waals surface area contributed by atoms with Crippen molar-refractivity contribution in [2.45, 2.75) is 26.2 Å². The quantitative estimate of drug-likeness (QED) is 0.806. The number of carbonyl (C=O) groups is 1. The van der Waals surface area contributed by atoms with Gasteiger partial charge in [0.15, 0.2) is 5.82 Å². The second-order valence-electron chi connectivity index (χ2n) is 6.38. The molecule has 3 aromatic rings. The molecule has 0 aliphatic carbocycles. The van der Waals surface area contributed by atoms with Crippen LogP contribution < -0.4 is 5.32 Å². The molecule has 0 saturated carbocycles. The number of anilines is 1. The van der Waals surface area contributed by atoms with Crippen molar-refractivity contribution in [3.63, 3.8) is 0 Å². The van der Waals surface area contributed by atoms with Crippen LogP contribution in [-0.2, 0) is 12.5 Å². The summed E-state index contributed by atoms with van der Waals surface area (Å²) in [4.78, 5) is 12.5. The standard InChI is InChI=1S/C16H19N5O2/c1-16(2,3)12-9-13(19-23-12)18-14(22)11-10-17-20(4)15(11)21-7-5-6-8-21/h5-10H,1-4H3,(H,18,19,22). The topological polar surface area (TPSA) is 77.9 Å². The van der Waals surface area contributed by atoms with Gasteiger partial charge in [-0.05, 0) is 12.1 Å². The largest absolute Gasteiger partial charge is 0.359 e. The van der Waals surface area contributed by atoms with Crippen LogP contribution in [-0.4, -0.2) is 25.4 Å². The molecule has 7 nitrogen and oxygen atoms in total. The molecule has 0 fully saturated rings. The molecule has 0 spiro atoms. The molecule has 3 aromatic heterocycles. The molecular formula is C16H19N5O2.